The van der Waals surface area contributed by atoms with Gasteiger partial charge in [0.05, 0.1) is 30.2 Å². The lowest BCUT2D eigenvalue weighted by molar-refractivity contribution is 0.168. The molecule has 0 radical (unpaired) electrons. The van der Waals surface area contributed by atoms with Crippen LogP contribution in [0.3, 0.4) is 0 Å². The third-order valence-electron chi connectivity index (χ3n) is 6.85. The Morgan fingerprint density at radius 2 is 2.00 bits per heavy atom. The van der Waals surface area contributed by atoms with Crippen LogP contribution in [-0.4, -0.2) is 58.7 Å². The predicted octanol–water partition coefficient (Wildman–Crippen LogP) is 4.49. The average molecular weight is 496 g/mol. The van der Waals surface area contributed by atoms with Gasteiger partial charge in [0.2, 0.25) is 0 Å². The number of H-pyrrole nitrogens is 1. The van der Waals surface area contributed by atoms with Crippen LogP contribution in [0.2, 0.25) is 0 Å². The van der Waals surface area contributed by atoms with Crippen LogP contribution in [0.5, 0.6) is 5.75 Å². The van der Waals surface area contributed by atoms with Crippen molar-refractivity contribution < 1.29 is 9.53 Å². The molecule has 3 heterocycles. The van der Waals surface area contributed by atoms with Crippen LogP contribution < -0.4 is 15.0 Å². The van der Waals surface area contributed by atoms with Crippen LogP contribution >= 0.6 is 0 Å². The maximum atomic E-state index is 13.1. The minimum Gasteiger partial charge on any atom is -0.497 e. The molecule has 37 heavy (non-hydrogen) atoms. The van der Waals surface area contributed by atoms with E-state index in [1.807, 2.05) is 54.3 Å². The summed E-state index contributed by atoms with van der Waals surface area (Å²) < 4.78 is 5.31. The maximum Gasteiger partial charge on any atom is 0.318 e. The van der Waals surface area contributed by atoms with E-state index in [1.165, 1.54) is 0 Å². The van der Waals surface area contributed by atoms with Crippen molar-refractivity contribution in [1.29, 1.82) is 5.26 Å². The van der Waals surface area contributed by atoms with Gasteiger partial charge >= 0.3 is 6.03 Å². The van der Waals surface area contributed by atoms with Crippen molar-refractivity contribution in [2.75, 3.05) is 31.6 Å². The van der Waals surface area contributed by atoms with E-state index in [1.54, 1.807) is 25.6 Å². The molecule has 188 valence electrons. The molecule has 1 aliphatic heterocycles. The van der Waals surface area contributed by atoms with Crippen LogP contribution in [0.1, 0.15) is 31.0 Å². The minimum absolute atomic E-state index is 0.00628. The fourth-order valence-electron chi connectivity index (χ4n) is 4.77. The van der Waals surface area contributed by atoms with Crippen molar-refractivity contribution in [1.82, 2.24) is 25.2 Å². The number of aromatic nitrogens is 3. The first-order valence-corrected chi connectivity index (χ1v) is 12.3. The average Bonchev–Trinajstić information content (AvgIpc) is 3.37. The molecule has 0 bridgehead atoms. The predicted molar refractivity (Wildman–Crippen MR) is 142 cm³/mol. The first-order valence-electron chi connectivity index (χ1n) is 12.3. The van der Waals surface area contributed by atoms with E-state index in [9.17, 15) is 4.79 Å². The third kappa shape index (κ3) is 4.91. The molecule has 0 unspecified atom stereocenters. The number of methoxy groups -OCH3 is 1. The smallest absolute Gasteiger partial charge is 0.318 e. The van der Waals surface area contributed by atoms with Gasteiger partial charge in [0.15, 0.2) is 0 Å². The maximum absolute atomic E-state index is 13.1. The number of nitrogens with zero attached hydrogens (tertiary/aromatic N) is 5. The number of carbonyl (C=O) groups is 1. The van der Waals surface area contributed by atoms with Gasteiger partial charge in [-0.2, -0.15) is 5.26 Å². The van der Waals surface area contributed by atoms with Crippen molar-refractivity contribution in [2.45, 2.75) is 25.9 Å². The fourth-order valence-corrected chi connectivity index (χ4v) is 4.77. The lowest BCUT2D eigenvalue weighted by Gasteiger charge is -2.40. The van der Waals surface area contributed by atoms with E-state index in [4.69, 9.17) is 10.00 Å². The highest BCUT2D eigenvalue weighted by molar-refractivity contribution is 5.92. The Labute approximate surface area is 215 Å². The fraction of sp³-hybridized carbons (Fsp3) is 0.286. The zero-order valence-corrected chi connectivity index (χ0v) is 21.1. The van der Waals surface area contributed by atoms with Crippen LogP contribution in [0.15, 0.2) is 60.9 Å². The van der Waals surface area contributed by atoms with Crippen molar-refractivity contribution in [3.05, 3.63) is 72.1 Å². The van der Waals surface area contributed by atoms with Gasteiger partial charge in [-0.25, -0.2) is 14.8 Å². The first-order chi connectivity index (χ1) is 18.0. The lowest BCUT2D eigenvalue weighted by atomic mass is 10.1. The number of urea groups is 1. The molecule has 1 saturated heterocycles. The molecule has 0 spiro atoms. The van der Waals surface area contributed by atoms with Crippen molar-refractivity contribution in [3.63, 3.8) is 0 Å². The van der Waals surface area contributed by atoms with Crippen LogP contribution in [0, 0.1) is 11.3 Å². The summed E-state index contributed by atoms with van der Waals surface area (Å²) in [4.78, 5) is 29.6. The van der Waals surface area contributed by atoms with E-state index in [2.05, 4.69) is 38.2 Å². The van der Waals surface area contributed by atoms with Crippen LogP contribution in [0.4, 0.5) is 10.6 Å². The monoisotopic (exact) mass is 495 g/mol. The molecule has 2 amide bonds. The number of nitriles is 1. The summed E-state index contributed by atoms with van der Waals surface area (Å²) in [5.41, 5.74) is 4.26. The van der Waals surface area contributed by atoms with Crippen molar-refractivity contribution in [2.24, 2.45) is 0 Å². The Kier molecular flexibility index (Phi) is 6.64. The normalized spacial score (nSPS) is 16.3. The highest BCUT2D eigenvalue weighted by Gasteiger charge is 2.30. The molecule has 0 aliphatic carbocycles. The number of benzene rings is 2. The SMILES string of the molecule is COc1cccc([C@H](C)NC(=O)N2CCN(c3ncnc4[nH]c(-c5ccc(C#N)cc5)cc34)C[C@H]2C)c1. The van der Waals surface area contributed by atoms with E-state index in [0.29, 0.717) is 25.2 Å². The van der Waals surface area contributed by atoms with Gasteiger partial charge in [0, 0.05) is 31.4 Å². The van der Waals surface area contributed by atoms with Gasteiger partial charge in [0.25, 0.3) is 0 Å². The number of piperazine rings is 1. The molecular weight excluding hydrogens is 466 g/mol. The Bertz CT molecular complexity index is 1460. The van der Waals surface area contributed by atoms with Gasteiger partial charge in [-0.15, -0.1) is 0 Å². The second-order valence-corrected chi connectivity index (χ2v) is 9.27. The molecule has 5 rings (SSSR count). The molecule has 2 aromatic heterocycles. The first kappa shape index (κ1) is 24.1. The summed E-state index contributed by atoms with van der Waals surface area (Å²) in [5.74, 6) is 1.61. The molecule has 2 aromatic carbocycles. The summed E-state index contributed by atoms with van der Waals surface area (Å²) >= 11 is 0. The number of anilines is 1. The number of amides is 2. The van der Waals surface area contributed by atoms with E-state index < -0.39 is 0 Å². The minimum atomic E-state index is -0.144. The zero-order chi connectivity index (χ0) is 25.9. The van der Waals surface area contributed by atoms with Gasteiger partial charge in [-0.1, -0.05) is 24.3 Å². The molecule has 0 saturated carbocycles. The number of fused-ring (bicyclic) bond motifs is 1. The third-order valence-corrected chi connectivity index (χ3v) is 6.85. The zero-order valence-electron chi connectivity index (χ0n) is 21.1. The number of rotatable bonds is 5. The topological polar surface area (TPSA) is 110 Å². The van der Waals surface area contributed by atoms with E-state index in [-0.39, 0.29) is 18.1 Å². The summed E-state index contributed by atoms with van der Waals surface area (Å²) in [7, 11) is 1.64. The Hall–Kier alpha value is -4.58. The second kappa shape index (κ2) is 10.2. The summed E-state index contributed by atoms with van der Waals surface area (Å²) in [5, 5.41) is 13.1. The van der Waals surface area contributed by atoms with Gasteiger partial charge in [-0.3, -0.25) is 0 Å². The number of ether oxygens (including phenoxy) is 1. The lowest BCUT2D eigenvalue weighted by Crippen LogP contribution is -2.57. The molecule has 9 nitrogen and oxygen atoms in total. The van der Waals surface area contributed by atoms with Crippen molar-refractivity contribution >= 4 is 22.9 Å². The summed E-state index contributed by atoms with van der Waals surface area (Å²) in [6, 6.07) is 19.1. The standard InChI is InChI=1S/C28H29N7O2/c1-18-16-34(11-12-35(18)28(36)32-19(2)22-5-4-6-23(13-22)37-3)27-24-14-25(33-26(24)30-17-31-27)21-9-7-20(15-29)8-10-21/h4-10,13-14,17-19H,11-12,16H2,1-3H3,(H,32,36)(H,30,31,33)/t18-,19+/m1/s1. The quantitative estimate of drug-likeness (QED) is 0.422. The van der Waals surface area contributed by atoms with Crippen molar-refractivity contribution in [3.8, 4) is 23.1 Å². The number of aromatic amines is 1. The Morgan fingerprint density at radius 3 is 2.73 bits per heavy atom. The number of nitrogens with one attached hydrogen (secondary N) is 2. The molecule has 1 fully saturated rings. The summed E-state index contributed by atoms with van der Waals surface area (Å²) in [6.07, 6.45) is 1.57. The second-order valence-electron chi connectivity index (χ2n) is 9.27. The molecule has 9 heteroatoms. The van der Waals surface area contributed by atoms with Crippen LogP contribution in [-0.2, 0) is 0 Å². The number of hydrogen-bond donors (Lipinski definition) is 2. The largest absolute Gasteiger partial charge is 0.497 e. The summed E-state index contributed by atoms with van der Waals surface area (Å²) in [6.45, 7) is 5.93. The van der Waals surface area contributed by atoms with Crippen LogP contribution in [0.25, 0.3) is 22.3 Å². The Balaban J connectivity index is 1.29. The molecule has 1 aliphatic rings. The highest BCUT2D eigenvalue weighted by atomic mass is 16.5. The molecule has 2 N–H and O–H groups in total. The van der Waals surface area contributed by atoms with Gasteiger partial charge in [0.1, 0.15) is 23.5 Å². The highest BCUT2D eigenvalue weighted by Crippen LogP contribution is 2.30. The van der Waals surface area contributed by atoms with E-state index >= 15 is 0 Å². The molecule has 2 atom stereocenters. The van der Waals surface area contributed by atoms with Gasteiger partial charge in [-0.05, 0) is 55.3 Å². The number of carbonyl (C=O) groups excluding carboxylic acids is 1. The van der Waals surface area contributed by atoms with E-state index in [0.717, 1.165) is 39.4 Å². The van der Waals surface area contributed by atoms with Gasteiger partial charge < -0.3 is 24.8 Å². The Morgan fingerprint density at radius 1 is 1.19 bits per heavy atom. The molecular formula is C28H29N7O2. The number of hydrogen-bond acceptors (Lipinski definition) is 6. The molecule has 4 aromatic rings.